The number of hydrogen-bond acceptors (Lipinski definition) is 4. The van der Waals surface area contributed by atoms with Crippen LogP contribution in [0.1, 0.15) is 29.4 Å². The van der Waals surface area contributed by atoms with Gasteiger partial charge in [0, 0.05) is 19.0 Å². The molecule has 1 aromatic heterocycles. The number of aromatic nitrogens is 2. The molecule has 2 N–H and O–H groups in total. The first-order valence-corrected chi connectivity index (χ1v) is 9.47. The maximum absolute atomic E-state index is 12.6. The normalized spacial score (nSPS) is 10.4. The van der Waals surface area contributed by atoms with Crippen LogP contribution in [-0.2, 0) is 11.2 Å². The third kappa shape index (κ3) is 5.22. The van der Waals surface area contributed by atoms with Crippen molar-refractivity contribution in [2.75, 3.05) is 19.0 Å². The van der Waals surface area contributed by atoms with Gasteiger partial charge in [-0.05, 0) is 36.2 Å². The highest BCUT2D eigenvalue weighted by Crippen LogP contribution is 2.18. The van der Waals surface area contributed by atoms with Crippen LogP contribution in [0.15, 0.2) is 60.7 Å². The van der Waals surface area contributed by atoms with Gasteiger partial charge in [-0.25, -0.2) is 4.68 Å². The largest absolute Gasteiger partial charge is 0.497 e. The molecule has 2 amide bonds. The van der Waals surface area contributed by atoms with E-state index in [0.717, 1.165) is 17.0 Å². The highest BCUT2D eigenvalue weighted by atomic mass is 16.5. The number of carbonyl (C=O) groups is 2. The number of nitrogens with zero attached hydrogens (tertiary/aromatic N) is 2. The fourth-order valence-electron chi connectivity index (χ4n) is 2.82. The third-order valence-corrected chi connectivity index (χ3v) is 4.36. The van der Waals surface area contributed by atoms with Crippen LogP contribution in [0.4, 0.5) is 5.82 Å². The van der Waals surface area contributed by atoms with Gasteiger partial charge in [0.15, 0.2) is 5.69 Å². The number of rotatable bonds is 8. The van der Waals surface area contributed by atoms with Crippen molar-refractivity contribution in [3.63, 3.8) is 0 Å². The van der Waals surface area contributed by atoms with Crippen LogP contribution in [0.5, 0.6) is 5.75 Å². The monoisotopic (exact) mass is 392 g/mol. The number of benzene rings is 2. The van der Waals surface area contributed by atoms with Gasteiger partial charge in [-0.1, -0.05) is 37.3 Å². The van der Waals surface area contributed by atoms with Crippen molar-refractivity contribution in [2.45, 2.75) is 19.8 Å². The Balaban J connectivity index is 1.71. The summed E-state index contributed by atoms with van der Waals surface area (Å²) in [5.74, 6) is 0.800. The van der Waals surface area contributed by atoms with E-state index < -0.39 is 0 Å². The third-order valence-electron chi connectivity index (χ3n) is 4.36. The number of ether oxygens (including phenoxy) is 1. The molecule has 2 aromatic carbocycles. The molecule has 29 heavy (non-hydrogen) atoms. The number of anilines is 1. The number of nitrogens with one attached hydrogen (secondary N) is 2. The zero-order valence-corrected chi connectivity index (χ0v) is 16.5. The van der Waals surface area contributed by atoms with Gasteiger partial charge in [0.2, 0.25) is 5.91 Å². The first-order valence-electron chi connectivity index (χ1n) is 9.47. The molecule has 7 heteroatoms. The van der Waals surface area contributed by atoms with Gasteiger partial charge in [0.1, 0.15) is 11.6 Å². The first kappa shape index (κ1) is 20.1. The van der Waals surface area contributed by atoms with E-state index in [0.29, 0.717) is 25.2 Å². The standard InChI is InChI=1S/C22H24N4O3/c1-3-21(27)24-20-15-19(25-26(20)17-9-5-4-6-10-17)22(28)23-13-12-16-8-7-11-18(14-16)29-2/h4-11,14-15H,3,12-13H2,1-2H3,(H,23,28)(H,24,27). The lowest BCUT2D eigenvalue weighted by atomic mass is 10.1. The first-order chi connectivity index (χ1) is 14.1. The van der Waals surface area contributed by atoms with E-state index in [1.807, 2.05) is 54.6 Å². The minimum absolute atomic E-state index is 0.146. The number of amides is 2. The Morgan fingerprint density at radius 1 is 1.07 bits per heavy atom. The van der Waals surface area contributed by atoms with Crippen LogP contribution in [-0.4, -0.2) is 35.2 Å². The summed E-state index contributed by atoms with van der Waals surface area (Å²) in [5.41, 5.74) is 2.07. The predicted molar refractivity (Wildman–Crippen MR) is 112 cm³/mol. The molecule has 0 spiro atoms. The summed E-state index contributed by atoms with van der Waals surface area (Å²) in [7, 11) is 1.62. The average Bonchev–Trinajstić information content (AvgIpc) is 3.18. The van der Waals surface area contributed by atoms with Crippen molar-refractivity contribution in [3.05, 3.63) is 71.9 Å². The lowest BCUT2D eigenvalue weighted by Gasteiger charge is -2.07. The molecule has 7 nitrogen and oxygen atoms in total. The van der Waals surface area contributed by atoms with E-state index in [-0.39, 0.29) is 17.5 Å². The molecular weight excluding hydrogens is 368 g/mol. The van der Waals surface area contributed by atoms with Crippen LogP contribution in [0.25, 0.3) is 5.69 Å². The molecule has 3 aromatic rings. The highest BCUT2D eigenvalue weighted by Gasteiger charge is 2.16. The summed E-state index contributed by atoms with van der Waals surface area (Å²) in [6.07, 6.45) is 1.00. The van der Waals surface area contributed by atoms with Gasteiger partial charge in [-0.3, -0.25) is 9.59 Å². The molecule has 3 rings (SSSR count). The Labute approximate surface area is 169 Å². The summed E-state index contributed by atoms with van der Waals surface area (Å²) >= 11 is 0. The zero-order chi connectivity index (χ0) is 20.6. The van der Waals surface area contributed by atoms with E-state index in [1.54, 1.807) is 24.8 Å². The highest BCUT2D eigenvalue weighted by molar-refractivity contribution is 5.95. The van der Waals surface area contributed by atoms with Crippen LogP contribution in [0.2, 0.25) is 0 Å². The minimum Gasteiger partial charge on any atom is -0.497 e. The Kier molecular flexibility index (Phi) is 6.63. The fraction of sp³-hybridized carbons (Fsp3) is 0.227. The maximum atomic E-state index is 12.6. The van der Waals surface area contributed by atoms with E-state index in [2.05, 4.69) is 15.7 Å². The topological polar surface area (TPSA) is 85.2 Å². The molecule has 0 saturated carbocycles. The fourth-order valence-corrected chi connectivity index (χ4v) is 2.82. The van der Waals surface area contributed by atoms with Crippen LogP contribution >= 0.6 is 0 Å². The quantitative estimate of drug-likeness (QED) is 0.616. The van der Waals surface area contributed by atoms with Gasteiger partial charge in [-0.15, -0.1) is 0 Å². The molecule has 0 unspecified atom stereocenters. The predicted octanol–water partition coefficient (Wildman–Crippen LogP) is 3.20. The average molecular weight is 392 g/mol. The van der Waals surface area contributed by atoms with Crippen molar-refractivity contribution >= 4 is 17.6 Å². The summed E-state index contributed by atoms with van der Waals surface area (Å²) in [6, 6.07) is 18.7. The SMILES string of the molecule is CCC(=O)Nc1cc(C(=O)NCCc2cccc(OC)c2)nn1-c1ccccc1. The van der Waals surface area contributed by atoms with Crippen molar-refractivity contribution in [2.24, 2.45) is 0 Å². The van der Waals surface area contributed by atoms with Gasteiger partial charge in [-0.2, -0.15) is 5.10 Å². The summed E-state index contributed by atoms with van der Waals surface area (Å²) in [5, 5.41) is 10.1. The molecule has 0 aliphatic heterocycles. The van der Waals surface area contributed by atoms with E-state index in [9.17, 15) is 9.59 Å². The minimum atomic E-state index is -0.297. The van der Waals surface area contributed by atoms with Crippen LogP contribution < -0.4 is 15.4 Å². The summed E-state index contributed by atoms with van der Waals surface area (Å²) in [4.78, 5) is 24.4. The van der Waals surface area contributed by atoms with Crippen molar-refractivity contribution in [3.8, 4) is 11.4 Å². The Morgan fingerprint density at radius 3 is 2.59 bits per heavy atom. The van der Waals surface area contributed by atoms with Gasteiger partial charge >= 0.3 is 0 Å². The van der Waals surface area contributed by atoms with Crippen molar-refractivity contribution in [1.29, 1.82) is 0 Å². The lowest BCUT2D eigenvalue weighted by Crippen LogP contribution is -2.26. The molecule has 0 aliphatic rings. The Bertz CT molecular complexity index is 983. The van der Waals surface area contributed by atoms with Gasteiger partial charge < -0.3 is 15.4 Å². The molecule has 0 atom stereocenters. The Hall–Kier alpha value is -3.61. The molecule has 0 aliphatic carbocycles. The Morgan fingerprint density at radius 2 is 1.86 bits per heavy atom. The van der Waals surface area contributed by atoms with E-state index in [1.165, 1.54) is 0 Å². The molecule has 0 saturated heterocycles. The molecule has 0 bridgehead atoms. The number of hydrogen-bond donors (Lipinski definition) is 2. The number of carbonyl (C=O) groups excluding carboxylic acids is 2. The molecule has 0 radical (unpaired) electrons. The summed E-state index contributed by atoms with van der Waals surface area (Å²) < 4.78 is 6.78. The second kappa shape index (κ2) is 9.54. The smallest absolute Gasteiger partial charge is 0.271 e. The second-order valence-electron chi connectivity index (χ2n) is 6.42. The molecular formula is C22H24N4O3. The lowest BCUT2D eigenvalue weighted by molar-refractivity contribution is -0.115. The molecule has 0 fully saturated rings. The maximum Gasteiger partial charge on any atom is 0.271 e. The van der Waals surface area contributed by atoms with Crippen molar-refractivity contribution < 1.29 is 14.3 Å². The van der Waals surface area contributed by atoms with Crippen molar-refractivity contribution in [1.82, 2.24) is 15.1 Å². The second-order valence-corrected chi connectivity index (χ2v) is 6.42. The number of methoxy groups -OCH3 is 1. The summed E-state index contributed by atoms with van der Waals surface area (Å²) in [6.45, 7) is 2.23. The van der Waals surface area contributed by atoms with E-state index in [4.69, 9.17) is 4.74 Å². The molecule has 1 heterocycles. The van der Waals surface area contributed by atoms with Crippen LogP contribution in [0, 0.1) is 0 Å². The van der Waals surface area contributed by atoms with Gasteiger partial charge in [0.05, 0.1) is 12.8 Å². The number of para-hydroxylation sites is 1. The molecule has 150 valence electrons. The van der Waals surface area contributed by atoms with Gasteiger partial charge in [0.25, 0.3) is 5.91 Å². The van der Waals surface area contributed by atoms with E-state index >= 15 is 0 Å². The zero-order valence-electron chi connectivity index (χ0n) is 16.5. The van der Waals surface area contributed by atoms with Crippen LogP contribution in [0.3, 0.4) is 0 Å².